The van der Waals surface area contributed by atoms with Crippen LogP contribution >= 0.6 is 0 Å². The molecular weight excluding hydrogens is 282 g/mol. The summed E-state index contributed by atoms with van der Waals surface area (Å²) in [6.45, 7) is 7.49. The van der Waals surface area contributed by atoms with E-state index in [0.717, 1.165) is 31.7 Å². The minimum absolute atomic E-state index is 0.0469. The number of ether oxygens (including phenoxy) is 2. The summed E-state index contributed by atoms with van der Waals surface area (Å²) in [5, 5.41) is 4.38. The van der Waals surface area contributed by atoms with Crippen molar-refractivity contribution in [2.24, 2.45) is 5.41 Å². The maximum Gasteiger partial charge on any atom is 0.272 e. The Labute approximate surface area is 131 Å². The fourth-order valence-electron chi connectivity index (χ4n) is 3.84. The Morgan fingerprint density at radius 2 is 2.41 bits per heavy atom. The molecule has 1 amide bonds. The molecule has 2 saturated heterocycles. The van der Waals surface area contributed by atoms with Crippen molar-refractivity contribution in [1.82, 2.24) is 14.7 Å². The van der Waals surface area contributed by atoms with Crippen LogP contribution in [0.3, 0.4) is 0 Å². The van der Waals surface area contributed by atoms with Crippen LogP contribution in [0.15, 0.2) is 6.07 Å². The standard InChI is InChI=1S/C16H25N3O3/c1-4-19-13(9-12(2)17-19)15(20)18-7-5-14-16(10-18,11-21-3)6-8-22-14/h9,14H,4-8,10-11H2,1-3H3/t14-,16+/m1/s1. The van der Waals surface area contributed by atoms with Crippen LogP contribution < -0.4 is 0 Å². The smallest absolute Gasteiger partial charge is 0.272 e. The topological polar surface area (TPSA) is 56.6 Å². The van der Waals surface area contributed by atoms with E-state index in [1.807, 2.05) is 24.8 Å². The molecule has 0 bridgehead atoms. The van der Waals surface area contributed by atoms with Gasteiger partial charge in [-0.05, 0) is 32.8 Å². The molecule has 2 atom stereocenters. The molecule has 0 saturated carbocycles. The van der Waals surface area contributed by atoms with Gasteiger partial charge in [-0.3, -0.25) is 9.48 Å². The van der Waals surface area contributed by atoms with Crippen molar-refractivity contribution in [1.29, 1.82) is 0 Å². The lowest BCUT2D eigenvalue weighted by atomic mass is 9.77. The lowest BCUT2D eigenvalue weighted by molar-refractivity contribution is -0.0471. The molecule has 2 fully saturated rings. The van der Waals surface area contributed by atoms with Gasteiger partial charge in [0.1, 0.15) is 5.69 Å². The molecule has 3 rings (SSSR count). The third kappa shape index (κ3) is 2.54. The molecule has 0 unspecified atom stereocenters. The lowest BCUT2D eigenvalue weighted by Crippen LogP contribution is -2.53. The molecule has 122 valence electrons. The number of carbonyl (C=O) groups is 1. The zero-order valence-electron chi connectivity index (χ0n) is 13.7. The van der Waals surface area contributed by atoms with Crippen LogP contribution in [0.4, 0.5) is 0 Å². The number of hydrogen-bond donors (Lipinski definition) is 0. The van der Waals surface area contributed by atoms with Gasteiger partial charge in [-0.2, -0.15) is 5.10 Å². The van der Waals surface area contributed by atoms with E-state index in [2.05, 4.69) is 5.10 Å². The minimum Gasteiger partial charge on any atom is -0.384 e. The van der Waals surface area contributed by atoms with Crippen molar-refractivity contribution in [3.05, 3.63) is 17.5 Å². The molecule has 1 aromatic rings. The molecule has 0 aromatic carbocycles. The van der Waals surface area contributed by atoms with Gasteiger partial charge in [0.2, 0.25) is 0 Å². The highest BCUT2D eigenvalue weighted by Crippen LogP contribution is 2.41. The summed E-state index contributed by atoms with van der Waals surface area (Å²) in [7, 11) is 1.72. The SMILES string of the molecule is CCn1nc(C)cc1C(=O)N1CC[C@H]2OCC[C@@]2(COC)C1. The van der Waals surface area contributed by atoms with Gasteiger partial charge in [-0.15, -0.1) is 0 Å². The second-order valence-electron chi connectivity index (χ2n) is 6.41. The number of piperidine rings is 1. The van der Waals surface area contributed by atoms with Crippen molar-refractivity contribution >= 4 is 5.91 Å². The van der Waals surface area contributed by atoms with E-state index < -0.39 is 0 Å². The molecule has 22 heavy (non-hydrogen) atoms. The third-order valence-corrected chi connectivity index (χ3v) is 4.91. The van der Waals surface area contributed by atoms with Crippen molar-refractivity contribution in [3.63, 3.8) is 0 Å². The number of nitrogens with zero attached hydrogens (tertiary/aromatic N) is 3. The summed E-state index contributed by atoms with van der Waals surface area (Å²) >= 11 is 0. The Morgan fingerprint density at radius 3 is 3.14 bits per heavy atom. The maximum atomic E-state index is 12.9. The number of likely N-dealkylation sites (tertiary alicyclic amines) is 1. The Morgan fingerprint density at radius 1 is 1.59 bits per heavy atom. The number of hydrogen-bond acceptors (Lipinski definition) is 4. The minimum atomic E-state index is -0.0469. The predicted octanol–water partition coefficient (Wildman–Crippen LogP) is 1.48. The number of fused-ring (bicyclic) bond motifs is 1. The number of amides is 1. The van der Waals surface area contributed by atoms with Crippen molar-refractivity contribution in [2.75, 3.05) is 33.4 Å². The second-order valence-corrected chi connectivity index (χ2v) is 6.41. The number of carbonyl (C=O) groups excluding carboxylic acids is 1. The van der Waals surface area contributed by atoms with Crippen molar-refractivity contribution < 1.29 is 14.3 Å². The van der Waals surface area contributed by atoms with Crippen LogP contribution in [0.1, 0.15) is 35.9 Å². The van der Waals surface area contributed by atoms with Gasteiger partial charge in [-0.25, -0.2) is 0 Å². The van der Waals surface area contributed by atoms with Crippen LogP contribution in [-0.2, 0) is 16.0 Å². The fraction of sp³-hybridized carbons (Fsp3) is 0.750. The summed E-state index contributed by atoms with van der Waals surface area (Å²) in [5.41, 5.74) is 1.52. The van der Waals surface area contributed by atoms with Crippen LogP contribution in [0.2, 0.25) is 0 Å². The number of methoxy groups -OCH3 is 1. The monoisotopic (exact) mass is 307 g/mol. The van der Waals surface area contributed by atoms with E-state index in [1.165, 1.54) is 0 Å². The first-order valence-electron chi connectivity index (χ1n) is 8.04. The summed E-state index contributed by atoms with van der Waals surface area (Å²) < 4.78 is 13.1. The van der Waals surface area contributed by atoms with E-state index in [4.69, 9.17) is 9.47 Å². The second kappa shape index (κ2) is 6.01. The number of aryl methyl sites for hydroxylation is 2. The molecule has 0 N–H and O–H groups in total. The normalized spacial score (nSPS) is 28.0. The molecule has 6 nitrogen and oxygen atoms in total. The van der Waals surface area contributed by atoms with Crippen LogP contribution in [0.5, 0.6) is 0 Å². The Kier molecular flexibility index (Phi) is 4.23. The van der Waals surface area contributed by atoms with Gasteiger partial charge >= 0.3 is 0 Å². The first-order valence-corrected chi connectivity index (χ1v) is 8.04. The molecule has 0 aliphatic carbocycles. The van der Waals surface area contributed by atoms with E-state index in [9.17, 15) is 4.79 Å². The van der Waals surface area contributed by atoms with E-state index in [0.29, 0.717) is 25.4 Å². The Bertz CT molecular complexity index is 557. The number of rotatable bonds is 4. The van der Waals surface area contributed by atoms with Crippen LogP contribution in [0, 0.1) is 12.3 Å². The Balaban J connectivity index is 1.81. The van der Waals surface area contributed by atoms with Crippen LogP contribution in [-0.4, -0.2) is 60.1 Å². The molecule has 3 heterocycles. The van der Waals surface area contributed by atoms with Gasteiger partial charge in [0.15, 0.2) is 0 Å². The van der Waals surface area contributed by atoms with E-state index in [1.54, 1.807) is 11.8 Å². The maximum absolute atomic E-state index is 12.9. The highest BCUT2D eigenvalue weighted by molar-refractivity contribution is 5.92. The third-order valence-electron chi connectivity index (χ3n) is 4.91. The van der Waals surface area contributed by atoms with Crippen molar-refractivity contribution in [2.45, 2.75) is 39.3 Å². The molecule has 2 aliphatic heterocycles. The first kappa shape index (κ1) is 15.5. The van der Waals surface area contributed by atoms with Gasteiger partial charge in [0.25, 0.3) is 5.91 Å². The molecular formula is C16H25N3O3. The van der Waals surface area contributed by atoms with Gasteiger partial charge in [0.05, 0.1) is 18.4 Å². The predicted molar refractivity (Wildman–Crippen MR) is 81.8 cm³/mol. The van der Waals surface area contributed by atoms with E-state index in [-0.39, 0.29) is 17.4 Å². The molecule has 6 heteroatoms. The number of aromatic nitrogens is 2. The highest BCUT2D eigenvalue weighted by Gasteiger charge is 2.49. The first-order chi connectivity index (χ1) is 10.6. The van der Waals surface area contributed by atoms with E-state index >= 15 is 0 Å². The average molecular weight is 307 g/mol. The van der Waals surface area contributed by atoms with Gasteiger partial charge < -0.3 is 14.4 Å². The summed E-state index contributed by atoms with van der Waals surface area (Å²) in [5.74, 6) is 0.0725. The van der Waals surface area contributed by atoms with Crippen LogP contribution in [0.25, 0.3) is 0 Å². The average Bonchev–Trinajstić information content (AvgIpc) is 3.09. The summed E-state index contributed by atoms with van der Waals surface area (Å²) in [6.07, 6.45) is 2.06. The summed E-state index contributed by atoms with van der Waals surface area (Å²) in [6, 6.07) is 1.88. The van der Waals surface area contributed by atoms with Crippen molar-refractivity contribution in [3.8, 4) is 0 Å². The Hall–Kier alpha value is -1.40. The van der Waals surface area contributed by atoms with Gasteiger partial charge in [0, 0.05) is 38.8 Å². The molecule has 0 spiro atoms. The highest BCUT2D eigenvalue weighted by atomic mass is 16.5. The quantitative estimate of drug-likeness (QED) is 0.845. The zero-order chi connectivity index (χ0) is 15.7. The molecule has 2 aliphatic rings. The fourth-order valence-corrected chi connectivity index (χ4v) is 3.84. The molecule has 0 radical (unpaired) electrons. The van der Waals surface area contributed by atoms with Gasteiger partial charge in [-0.1, -0.05) is 0 Å². The molecule has 1 aromatic heterocycles. The zero-order valence-corrected chi connectivity index (χ0v) is 13.7. The largest absolute Gasteiger partial charge is 0.384 e. The summed E-state index contributed by atoms with van der Waals surface area (Å²) in [4.78, 5) is 14.9. The lowest BCUT2D eigenvalue weighted by Gasteiger charge is -2.43.